The molecule has 2 nitrogen and oxygen atoms in total. The Morgan fingerprint density at radius 3 is 1.88 bits per heavy atom. The topological polar surface area (TPSA) is 23.5 Å². The highest BCUT2D eigenvalue weighted by atomic mass is 16.3. The minimum absolute atomic E-state index is 0.354. The van der Waals surface area contributed by atoms with Crippen LogP contribution in [0.5, 0.6) is 0 Å². The Morgan fingerprint density at radius 1 is 0.824 bits per heavy atom. The van der Waals surface area contributed by atoms with Crippen molar-refractivity contribution in [2.45, 2.75) is 69.9 Å². The second-order valence-electron chi connectivity index (χ2n) is 6.42. The predicted molar refractivity (Wildman–Crippen MR) is 69.9 cm³/mol. The second kappa shape index (κ2) is 5.27. The van der Waals surface area contributed by atoms with Crippen LogP contribution in [-0.4, -0.2) is 35.2 Å². The molecule has 17 heavy (non-hydrogen) atoms. The van der Waals surface area contributed by atoms with Crippen LogP contribution in [0.2, 0.25) is 0 Å². The number of rotatable bonds is 2. The van der Waals surface area contributed by atoms with Crippen LogP contribution < -0.4 is 0 Å². The molecule has 1 saturated heterocycles. The van der Waals surface area contributed by atoms with Gasteiger partial charge in [0.05, 0.1) is 6.61 Å². The molecule has 1 N–H and O–H groups in total. The van der Waals surface area contributed by atoms with Gasteiger partial charge in [0.15, 0.2) is 0 Å². The number of likely N-dealkylation sites (tertiary alicyclic amines) is 1. The molecule has 1 heterocycles. The summed E-state index contributed by atoms with van der Waals surface area (Å²) in [5, 5.41) is 9.36. The Balaban J connectivity index is 1.77. The fourth-order valence-electron chi connectivity index (χ4n) is 4.88. The van der Waals surface area contributed by atoms with Crippen LogP contribution in [0.4, 0.5) is 0 Å². The van der Waals surface area contributed by atoms with Crippen LogP contribution >= 0.6 is 0 Å². The SMILES string of the molecule is OCCN1C2CCCCC2CC2CCCCC21. The zero-order chi connectivity index (χ0) is 11.7. The lowest BCUT2D eigenvalue weighted by atomic mass is 9.68. The molecule has 4 unspecified atom stereocenters. The number of aliphatic hydroxyl groups excluding tert-OH is 1. The molecule has 2 heteroatoms. The van der Waals surface area contributed by atoms with E-state index in [1.807, 2.05) is 0 Å². The standard InChI is InChI=1S/C15H27NO/c17-10-9-16-14-7-3-1-5-12(14)11-13-6-2-4-8-15(13)16/h12-15,17H,1-11H2. The van der Waals surface area contributed by atoms with Crippen molar-refractivity contribution in [3.05, 3.63) is 0 Å². The third-order valence-corrected chi connectivity index (χ3v) is 5.55. The number of hydrogen-bond acceptors (Lipinski definition) is 2. The molecule has 3 aliphatic rings. The summed E-state index contributed by atoms with van der Waals surface area (Å²) in [6.07, 6.45) is 12.9. The van der Waals surface area contributed by atoms with E-state index in [0.717, 1.165) is 30.5 Å². The number of β-amino-alcohol motifs (C(OH)–C–C–N with tert-alkyl or cyclic N) is 1. The molecule has 3 fully saturated rings. The van der Waals surface area contributed by atoms with Crippen LogP contribution in [0.1, 0.15) is 57.8 Å². The van der Waals surface area contributed by atoms with Gasteiger partial charge in [-0.2, -0.15) is 0 Å². The summed E-state index contributed by atoms with van der Waals surface area (Å²) in [6, 6.07) is 1.63. The van der Waals surface area contributed by atoms with Gasteiger partial charge >= 0.3 is 0 Å². The van der Waals surface area contributed by atoms with Gasteiger partial charge in [-0.15, -0.1) is 0 Å². The number of aliphatic hydroxyl groups is 1. The van der Waals surface area contributed by atoms with Gasteiger partial charge in [-0.1, -0.05) is 25.7 Å². The van der Waals surface area contributed by atoms with Crippen LogP contribution in [0.15, 0.2) is 0 Å². The van der Waals surface area contributed by atoms with E-state index in [-0.39, 0.29) is 0 Å². The number of nitrogens with zero attached hydrogens (tertiary/aromatic N) is 1. The molecule has 0 spiro atoms. The van der Waals surface area contributed by atoms with Gasteiger partial charge in [-0.25, -0.2) is 0 Å². The molecule has 1 aliphatic heterocycles. The van der Waals surface area contributed by atoms with Crippen molar-refractivity contribution >= 4 is 0 Å². The first-order valence-electron chi connectivity index (χ1n) is 7.77. The maximum absolute atomic E-state index is 9.36. The van der Waals surface area contributed by atoms with Gasteiger partial charge in [-0.05, 0) is 43.9 Å². The summed E-state index contributed by atoms with van der Waals surface area (Å²) in [6.45, 7) is 1.29. The average Bonchev–Trinajstić information content (AvgIpc) is 2.39. The minimum atomic E-state index is 0.354. The van der Waals surface area contributed by atoms with E-state index in [1.165, 1.54) is 57.8 Å². The lowest BCUT2D eigenvalue weighted by Gasteiger charge is -2.53. The molecular weight excluding hydrogens is 210 g/mol. The summed E-state index contributed by atoms with van der Waals surface area (Å²) >= 11 is 0. The maximum atomic E-state index is 9.36. The second-order valence-corrected chi connectivity index (χ2v) is 6.42. The van der Waals surface area contributed by atoms with Crippen molar-refractivity contribution in [1.82, 2.24) is 4.90 Å². The molecule has 98 valence electrons. The Labute approximate surface area is 105 Å². The van der Waals surface area contributed by atoms with Crippen molar-refractivity contribution in [1.29, 1.82) is 0 Å². The third kappa shape index (κ3) is 2.26. The van der Waals surface area contributed by atoms with Crippen LogP contribution in [-0.2, 0) is 0 Å². The van der Waals surface area contributed by atoms with Crippen LogP contribution in [0.3, 0.4) is 0 Å². The van der Waals surface area contributed by atoms with Crippen LogP contribution in [0, 0.1) is 11.8 Å². The zero-order valence-electron chi connectivity index (χ0n) is 11.0. The first-order valence-corrected chi connectivity index (χ1v) is 7.77. The van der Waals surface area contributed by atoms with E-state index < -0.39 is 0 Å². The molecule has 0 aromatic heterocycles. The van der Waals surface area contributed by atoms with E-state index in [4.69, 9.17) is 0 Å². The van der Waals surface area contributed by atoms with Crippen LogP contribution in [0.25, 0.3) is 0 Å². The minimum Gasteiger partial charge on any atom is -0.395 e. The van der Waals surface area contributed by atoms with Crippen molar-refractivity contribution in [2.75, 3.05) is 13.2 Å². The lowest BCUT2D eigenvalue weighted by Crippen LogP contribution is -2.57. The Hall–Kier alpha value is -0.0800. The molecule has 0 amide bonds. The normalized spacial score (nSPS) is 42.9. The van der Waals surface area contributed by atoms with E-state index in [1.54, 1.807) is 0 Å². The quantitative estimate of drug-likeness (QED) is 0.798. The Kier molecular flexibility index (Phi) is 3.72. The van der Waals surface area contributed by atoms with E-state index in [2.05, 4.69) is 4.90 Å². The molecule has 0 bridgehead atoms. The average molecular weight is 237 g/mol. The highest BCUT2D eigenvalue weighted by Crippen LogP contribution is 2.45. The highest BCUT2D eigenvalue weighted by Gasteiger charge is 2.43. The molecular formula is C15H27NO. The molecule has 3 rings (SSSR count). The first-order chi connectivity index (χ1) is 8.40. The van der Waals surface area contributed by atoms with Crippen molar-refractivity contribution in [3.8, 4) is 0 Å². The van der Waals surface area contributed by atoms with E-state index >= 15 is 0 Å². The number of fused-ring (bicyclic) bond motifs is 2. The van der Waals surface area contributed by atoms with Gasteiger partial charge in [0.1, 0.15) is 0 Å². The fraction of sp³-hybridized carbons (Fsp3) is 1.00. The molecule has 2 saturated carbocycles. The molecule has 4 atom stereocenters. The summed E-state index contributed by atoms with van der Waals surface area (Å²) < 4.78 is 0. The number of piperidine rings is 1. The maximum Gasteiger partial charge on any atom is 0.0558 e. The Morgan fingerprint density at radius 2 is 1.35 bits per heavy atom. The monoisotopic (exact) mass is 237 g/mol. The molecule has 0 aromatic rings. The predicted octanol–water partition coefficient (Wildman–Crippen LogP) is 2.80. The Bertz CT molecular complexity index is 233. The first kappa shape index (κ1) is 12.0. The highest BCUT2D eigenvalue weighted by molar-refractivity contribution is 4.97. The third-order valence-electron chi connectivity index (χ3n) is 5.55. The smallest absolute Gasteiger partial charge is 0.0558 e. The van der Waals surface area contributed by atoms with Gasteiger partial charge in [-0.3, -0.25) is 4.90 Å². The van der Waals surface area contributed by atoms with Gasteiger partial charge in [0.2, 0.25) is 0 Å². The molecule has 0 radical (unpaired) electrons. The van der Waals surface area contributed by atoms with Gasteiger partial charge < -0.3 is 5.11 Å². The van der Waals surface area contributed by atoms with Crippen molar-refractivity contribution in [3.63, 3.8) is 0 Å². The zero-order valence-corrected chi connectivity index (χ0v) is 11.0. The lowest BCUT2D eigenvalue weighted by molar-refractivity contribution is -0.0452. The van der Waals surface area contributed by atoms with Gasteiger partial charge in [0, 0.05) is 18.6 Å². The van der Waals surface area contributed by atoms with Crippen molar-refractivity contribution in [2.24, 2.45) is 11.8 Å². The summed E-state index contributed by atoms with van der Waals surface area (Å²) in [5.74, 6) is 1.91. The summed E-state index contributed by atoms with van der Waals surface area (Å²) in [5.41, 5.74) is 0. The summed E-state index contributed by atoms with van der Waals surface area (Å²) in [7, 11) is 0. The molecule has 0 aromatic carbocycles. The largest absolute Gasteiger partial charge is 0.395 e. The molecule has 2 aliphatic carbocycles. The number of hydrogen-bond donors (Lipinski definition) is 1. The van der Waals surface area contributed by atoms with Crippen molar-refractivity contribution < 1.29 is 5.11 Å². The summed E-state index contributed by atoms with van der Waals surface area (Å²) in [4.78, 5) is 2.72. The fourth-order valence-corrected chi connectivity index (χ4v) is 4.88. The van der Waals surface area contributed by atoms with E-state index in [9.17, 15) is 5.11 Å². The van der Waals surface area contributed by atoms with Gasteiger partial charge in [0.25, 0.3) is 0 Å². The van der Waals surface area contributed by atoms with E-state index in [0.29, 0.717) is 6.61 Å².